The fourth-order valence-electron chi connectivity index (χ4n) is 6.86. The van der Waals surface area contributed by atoms with E-state index in [2.05, 4.69) is 34.7 Å². The van der Waals surface area contributed by atoms with Gasteiger partial charge >= 0.3 is 0 Å². The summed E-state index contributed by atoms with van der Waals surface area (Å²) in [6.07, 6.45) is 1.37. The van der Waals surface area contributed by atoms with Crippen molar-refractivity contribution in [3.63, 3.8) is 0 Å². The average Bonchev–Trinajstić information content (AvgIpc) is 3.54. The number of aliphatic hydroxyl groups is 1. The SMILES string of the molecule is CCOC(O)c1c(CCCOc2cc(C)c(Cl)c(C)c2)c2cccc3c2n1CCCN(C)Cc1c-3c(COc2ccccc2)nn1C. The van der Waals surface area contributed by atoms with Crippen LogP contribution in [0.2, 0.25) is 5.02 Å². The number of rotatable bonds is 11. The largest absolute Gasteiger partial charge is 0.494 e. The normalized spacial score (nSPS) is 14.3. The predicted molar refractivity (Wildman–Crippen MR) is 187 cm³/mol. The number of aliphatic hydroxyl groups excluding tert-OH is 1. The van der Waals surface area contributed by atoms with Crippen LogP contribution < -0.4 is 9.47 Å². The van der Waals surface area contributed by atoms with Crippen LogP contribution in [0, 0.1) is 13.8 Å². The van der Waals surface area contributed by atoms with E-state index in [-0.39, 0.29) is 0 Å². The van der Waals surface area contributed by atoms with Crippen molar-refractivity contribution in [1.29, 1.82) is 0 Å². The Morgan fingerprint density at radius 3 is 2.47 bits per heavy atom. The summed E-state index contributed by atoms with van der Waals surface area (Å²) in [6.45, 7) is 9.62. The van der Waals surface area contributed by atoms with Crippen molar-refractivity contribution in [3.8, 4) is 22.6 Å². The summed E-state index contributed by atoms with van der Waals surface area (Å²) in [5, 5.41) is 18.4. The van der Waals surface area contributed by atoms with Crippen LogP contribution in [0.15, 0.2) is 60.7 Å². The first-order valence-corrected chi connectivity index (χ1v) is 16.9. The van der Waals surface area contributed by atoms with Gasteiger partial charge in [-0.15, -0.1) is 0 Å². The molecule has 6 rings (SSSR count). The molecule has 0 saturated heterocycles. The molecule has 3 heterocycles. The summed E-state index contributed by atoms with van der Waals surface area (Å²) < 4.78 is 22.6. The highest BCUT2D eigenvalue weighted by atomic mass is 35.5. The summed E-state index contributed by atoms with van der Waals surface area (Å²) in [6, 6.07) is 20.3. The number of hydrogen-bond acceptors (Lipinski definition) is 6. The number of fused-ring (bicyclic) bond motifs is 2. The summed E-state index contributed by atoms with van der Waals surface area (Å²) in [5.74, 6) is 1.63. The van der Waals surface area contributed by atoms with Crippen molar-refractivity contribution in [1.82, 2.24) is 19.2 Å². The maximum atomic E-state index is 11.5. The molecule has 8 nitrogen and oxygen atoms in total. The van der Waals surface area contributed by atoms with E-state index in [0.29, 0.717) is 19.8 Å². The highest BCUT2D eigenvalue weighted by molar-refractivity contribution is 6.32. The van der Waals surface area contributed by atoms with Gasteiger partial charge < -0.3 is 28.8 Å². The summed E-state index contributed by atoms with van der Waals surface area (Å²) in [7, 11) is 4.17. The minimum atomic E-state index is -1.05. The lowest BCUT2D eigenvalue weighted by Crippen LogP contribution is -2.23. The van der Waals surface area contributed by atoms with Gasteiger partial charge in [-0.3, -0.25) is 4.68 Å². The third kappa shape index (κ3) is 6.92. The Labute approximate surface area is 282 Å². The highest BCUT2D eigenvalue weighted by Crippen LogP contribution is 2.41. The van der Waals surface area contributed by atoms with Crippen LogP contribution in [-0.4, -0.2) is 51.2 Å². The van der Waals surface area contributed by atoms with Gasteiger partial charge in [-0.2, -0.15) is 5.10 Å². The van der Waals surface area contributed by atoms with Gasteiger partial charge in [0.2, 0.25) is 0 Å². The van der Waals surface area contributed by atoms with E-state index in [0.717, 1.165) is 111 Å². The Morgan fingerprint density at radius 2 is 1.72 bits per heavy atom. The molecule has 0 spiro atoms. The lowest BCUT2D eigenvalue weighted by atomic mass is 9.97. The number of aromatic nitrogens is 3. The maximum Gasteiger partial charge on any atom is 0.196 e. The van der Waals surface area contributed by atoms with Crippen LogP contribution in [0.3, 0.4) is 0 Å². The average molecular weight is 657 g/mol. The van der Waals surface area contributed by atoms with Gasteiger partial charge in [0.25, 0.3) is 0 Å². The van der Waals surface area contributed by atoms with Gasteiger partial charge in [0.05, 0.1) is 23.5 Å². The first-order chi connectivity index (χ1) is 22.8. The molecular weight excluding hydrogens is 612 g/mol. The Morgan fingerprint density at radius 1 is 0.957 bits per heavy atom. The van der Waals surface area contributed by atoms with E-state index in [4.69, 9.17) is 30.9 Å². The van der Waals surface area contributed by atoms with Crippen molar-refractivity contribution in [3.05, 3.63) is 99.5 Å². The molecule has 0 amide bonds. The molecule has 0 saturated carbocycles. The monoisotopic (exact) mass is 656 g/mol. The second-order valence-corrected chi connectivity index (χ2v) is 12.8. The standard InChI is InChI=1S/C38H45ClN4O4/c1-6-45-38(44)37-30(17-11-20-46-28-21-25(2)35(39)26(3)22-28)29-15-10-16-31-34-32(24-47-27-13-8-7-9-14-27)40-42(5)33(34)23-41(4)18-12-19-43(37)36(29)31/h7-10,13-16,21-22,38,44H,6,11-12,17-20,23-24H2,1-5H3. The van der Waals surface area contributed by atoms with Crippen LogP contribution in [0.1, 0.15) is 59.8 Å². The lowest BCUT2D eigenvalue weighted by Gasteiger charge is -2.23. The van der Waals surface area contributed by atoms with Gasteiger partial charge in [-0.25, -0.2) is 0 Å². The molecule has 3 aromatic carbocycles. The van der Waals surface area contributed by atoms with E-state index in [1.54, 1.807) is 0 Å². The quantitative estimate of drug-likeness (QED) is 0.116. The third-order valence-electron chi connectivity index (χ3n) is 9.01. The van der Waals surface area contributed by atoms with Crippen LogP contribution in [0.4, 0.5) is 0 Å². The second-order valence-electron chi connectivity index (χ2n) is 12.4. The molecule has 1 unspecified atom stereocenters. The van der Waals surface area contributed by atoms with Gasteiger partial charge in [-0.05, 0) is 94.6 Å². The Bertz CT molecular complexity index is 1830. The Hall–Kier alpha value is -3.82. The summed E-state index contributed by atoms with van der Waals surface area (Å²) in [4.78, 5) is 2.34. The van der Waals surface area contributed by atoms with Crippen LogP contribution >= 0.6 is 11.6 Å². The summed E-state index contributed by atoms with van der Waals surface area (Å²) >= 11 is 6.38. The van der Waals surface area contributed by atoms with Gasteiger partial charge in [-0.1, -0.05) is 48.0 Å². The van der Waals surface area contributed by atoms with Crippen LogP contribution in [0.25, 0.3) is 22.0 Å². The molecule has 2 aromatic heterocycles. The molecule has 0 fully saturated rings. The molecule has 9 heteroatoms. The smallest absolute Gasteiger partial charge is 0.196 e. The lowest BCUT2D eigenvalue weighted by molar-refractivity contribution is -0.103. The second kappa shape index (κ2) is 14.5. The summed E-state index contributed by atoms with van der Waals surface area (Å²) in [5.41, 5.74) is 9.22. The molecule has 47 heavy (non-hydrogen) atoms. The number of nitrogens with zero attached hydrogens (tertiary/aromatic N) is 4. The van der Waals surface area contributed by atoms with Crippen molar-refractivity contribution < 1.29 is 19.3 Å². The highest BCUT2D eigenvalue weighted by Gasteiger charge is 2.29. The van der Waals surface area contributed by atoms with Gasteiger partial charge in [0, 0.05) is 48.3 Å². The molecule has 0 bridgehead atoms. The zero-order chi connectivity index (χ0) is 33.1. The fraction of sp³-hybridized carbons (Fsp3) is 0.395. The number of benzene rings is 3. The van der Waals surface area contributed by atoms with Crippen molar-refractivity contribution in [2.24, 2.45) is 7.05 Å². The molecule has 1 aliphatic heterocycles. The van der Waals surface area contributed by atoms with Gasteiger partial charge in [0.1, 0.15) is 23.8 Å². The number of halogens is 1. The zero-order valence-electron chi connectivity index (χ0n) is 28.1. The first kappa shape index (κ1) is 33.1. The number of hydrogen-bond donors (Lipinski definition) is 1. The van der Waals surface area contributed by atoms with Gasteiger partial charge in [0.15, 0.2) is 6.29 Å². The van der Waals surface area contributed by atoms with Crippen molar-refractivity contribution >= 4 is 22.5 Å². The van der Waals surface area contributed by atoms with E-state index < -0.39 is 6.29 Å². The van der Waals surface area contributed by atoms with Crippen LogP contribution in [-0.2, 0) is 37.9 Å². The Balaban J connectivity index is 1.43. The van der Waals surface area contributed by atoms with Crippen molar-refractivity contribution in [2.75, 3.05) is 26.8 Å². The van der Waals surface area contributed by atoms with E-state index in [1.807, 2.05) is 75.0 Å². The number of para-hydroxylation sites is 2. The molecular formula is C38H45ClN4O4. The molecule has 1 aliphatic rings. The topological polar surface area (TPSA) is 73.9 Å². The fourth-order valence-corrected chi connectivity index (χ4v) is 6.97. The molecule has 1 atom stereocenters. The van der Waals surface area contributed by atoms with E-state index in [9.17, 15) is 5.11 Å². The van der Waals surface area contributed by atoms with Crippen LogP contribution in [0.5, 0.6) is 11.5 Å². The minimum Gasteiger partial charge on any atom is -0.494 e. The predicted octanol–water partition coefficient (Wildman–Crippen LogP) is 7.77. The zero-order valence-corrected chi connectivity index (χ0v) is 28.8. The van der Waals surface area contributed by atoms with E-state index in [1.165, 1.54) is 0 Å². The minimum absolute atomic E-state index is 0.344. The Kier molecular flexibility index (Phi) is 10.2. The maximum absolute atomic E-state index is 11.5. The number of ether oxygens (including phenoxy) is 3. The first-order valence-electron chi connectivity index (χ1n) is 16.5. The molecule has 5 aromatic rings. The third-order valence-corrected chi connectivity index (χ3v) is 9.60. The van der Waals surface area contributed by atoms with E-state index >= 15 is 0 Å². The molecule has 0 radical (unpaired) electrons. The molecule has 248 valence electrons. The molecule has 1 N–H and O–H groups in total. The van der Waals surface area contributed by atoms with Crippen molar-refractivity contribution in [2.45, 2.75) is 66.0 Å². The molecule has 0 aliphatic carbocycles. The number of aryl methyl sites for hydroxylation is 5.